The van der Waals surface area contributed by atoms with Crippen molar-refractivity contribution in [3.8, 4) is 0 Å². The van der Waals surface area contributed by atoms with E-state index in [9.17, 15) is 0 Å². The Bertz CT molecular complexity index is 210. The molecular formula is C9H16N2O2. The first-order valence-corrected chi connectivity index (χ1v) is 4.93. The van der Waals surface area contributed by atoms with E-state index in [1.807, 2.05) is 6.92 Å². The van der Waals surface area contributed by atoms with Gasteiger partial charge in [-0.1, -0.05) is 5.16 Å². The van der Waals surface area contributed by atoms with Crippen LogP contribution in [0.5, 0.6) is 0 Å². The van der Waals surface area contributed by atoms with E-state index < -0.39 is 0 Å². The summed E-state index contributed by atoms with van der Waals surface area (Å²) in [5.74, 6) is 0.756. The van der Waals surface area contributed by atoms with Crippen LogP contribution in [-0.2, 0) is 9.57 Å². The van der Waals surface area contributed by atoms with Gasteiger partial charge in [0.15, 0.2) is 5.60 Å². The first-order chi connectivity index (χ1) is 6.35. The third-order valence-electron chi connectivity index (χ3n) is 2.56. The molecule has 2 aliphatic heterocycles. The van der Waals surface area contributed by atoms with E-state index >= 15 is 0 Å². The quantitative estimate of drug-likeness (QED) is 0.657. The van der Waals surface area contributed by atoms with Gasteiger partial charge < -0.3 is 14.9 Å². The van der Waals surface area contributed by atoms with Crippen molar-refractivity contribution < 1.29 is 9.57 Å². The second-order valence-electron chi connectivity index (χ2n) is 3.65. The Labute approximate surface area is 78.3 Å². The van der Waals surface area contributed by atoms with Crippen molar-refractivity contribution >= 4 is 5.90 Å². The van der Waals surface area contributed by atoms with Crippen molar-refractivity contribution in [1.82, 2.24) is 5.32 Å². The lowest BCUT2D eigenvalue weighted by Crippen LogP contribution is -2.45. The zero-order valence-corrected chi connectivity index (χ0v) is 8.01. The number of ether oxygens (including phenoxy) is 1. The summed E-state index contributed by atoms with van der Waals surface area (Å²) in [4.78, 5) is 5.45. The molecule has 2 rings (SSSR count). The fraction of sp³-hybridized carbons (Fsp3) is 0.889. The molecule has 74 valence electrons. The average molecular weight is 184 g/mol. The van der Waals surface area contributed by atoms with Crippen molar-refractivity contribution in [3.63, 3.8) is 0 Å². The highest BCUT2D eigenvalue weighted by Gasteiger charge is 2.41. The minimum Gasteiger partial charge on any atom is -0.479 e. The maximum atomic E-state index is 5.45. The summed E-state index contributed by atoms with van der Waals surface area (Å²) in [6.07, 6.45) is 3.07. The van der Waals surface area contributed by atoms with Gasteiger partial charge in [-0.3, -0.25) is 0 Å². The smallest absolute Gasteiger partial charge is 0.229 e. The highest BCUT2D eigenvalue weighted by Crippen LogP contribution is 2.30. The van der Waals surface area contributed by atoms with Crippen molar-refractivity contribution in [2.24, 2.45) is 5.16 Å². The van der Waals surface area contributed by atoms with Crippen LogP contribution < -0.4 is 5.32 Å². The molecule has 0 aromatic carbocycles. The Morgan fingerprint density at radius 3 is 3.31 bits per heavy atom. The molecule has 13 heavy (non-hydrogen) atoms. The SMILES string of the molecule is CCOC1=NOC2(CCCNC2)C1. The van der Waals surface area contributed by atoms with Gasteiger partial charge in [-0.15, -0.1) is 0 Å². The molecule has 4 heteroatoms. The number of piperidine rings is 1. The van der Waals surface area contributed by atoms with E-state index in [4.69, 9.17) is 9.57 Å². The zero-order chi connectivity index (χ0) is 9.15. The lowest BCUT2D eigenvalue weighted by molar-refractivity contribution is -0.0347. The van der Waals surface area contributed by atoms with Crippen LogP contribution in [0.2, 0.25) is 0 Å². The van der Waals surface area contributed by atoms with Gasteiger partial charge in [0.25, 0.3) is 0 Å². The topological polar surface area (TPSA) is 42.9 Å². The second kappa shape index (κ2) is 3.54. The van der Waals surface area contributed by atoms with E-state index in [-0.39, 0.29) is 5.60 Å². The normalized spacial score (nSPS) is 32.8. The van der Waals surface area contributed by atoms with Crippen molar-refractivity contribution in [1.29, 1.82) is 0 Å². The average Bonchev–Trinajstić information content (AvgIpc) is 2.51. The number of nitrogens with one attached hydrogen (secondary N) is 1. The summed E-state index contributed by atoms with van der Waals surface area (Å²) < 4.78 is 5.33. The Balaban J connectivity index is 1.91. The third kappa shape index (κ3) is 1.77. The highest BCUT2D eigenvalue weighted by molar-refractivity contribution is 5.78. The van der Waals surface area contributed by atoms with Crippen LogP contribution in [0.4, 0.5) is 0 Å². The molecule has 0 amide bonds. The molecule has 1 saturated heterocycles. The Hall–Kier alpha value is -0.770. The van der Waals surface area contributed by atoms with Crippen molar-refractivity contribution in [2.45, 2.75) is 31.8 Å². The monoisotopic (exact) mass is 184 g/mol. The van der Waals surface area contributed by atoms with Crippen LogP contribution in [0.1, 0.15) is 26.2 Å². The zero-order valence-electron chi connectivity index (χ0n) is 8.01. The van der Waals surface area contributed by atoms with Gasteiger partial charge >= 0.3 is 0 Å². The van der Waals surface area contributed by atoms with Gasteiger partial charge in [0.2, 0.25) is 5.90 Å². The second-order valence-corrected chi connectivity index (χ2v) is 3.65. The maximum Gasteiger partial charge on any atom is 0.229 e. The Morgan fingerprint density at radius 2 is 2.62 bits per heavy atom. The molecule has 0 radical (unpaired) electrons. The summed E-state index contributed by atoms with van der Waals surface area (Å²) in [6.45, 7) is 4.63. The van der Waals surface area contributed by atoms with Crippen LogP contribution in [0.3, 0.4) is 0 Å². The molecule has 4 nitrogen and oxygen atoms in total. The fourth-order valence-corrected chi connectivity index (χ4v) is 1.90. The predicted octanol–water partition coefficient (Wildman–Crippen LogP) is 0.879. The molecule has 1 fully saturated rings. The van der Waals surface area contributed by atoms with Gasteiger partial charge in [0.1, 0.15) is 0 Å². The molecule has 0 bridgehead atoms. The summed E-state index contributed by atoms with van der Waals surface area (Å²) in [7, 11) is 0. The largest absolute Gasteiger partial charge is 0.479 e. The lowest BCUT2D eigenvalue weighted by atomic mass is 9.91. The van der Waals surface area contributed by atoms with E-state index in [1.54, 1.807) is 0 Å². The van der Waals surface area contributed by atoms with E-state index in [1.165, 1.54) is 0 Å². The molecule has 1 atom stereocenters. The molecule has 0 aliphatic carbocycles. The standard InChI is InChI=1S/C9H16N2O2/c1-2-12-8-6-9(13-11-8)4-3-5-10-7-9/h10H,2-7H2,1H3. The number of oxime groups is 1. The minimum absolute atomic E-state index is 0.0945. The van der Waals surface area contributed by atoms with Crippen molar-refractivity contribution in [2.75, 3.05) is 19.7 Å². The van der Waals surface area contributed by atoms with Crippen LogP contribution >= 0.6 is 0 Å². The number of nitrogens with zero attached hydrogens (tertiary/aromatic N) is 1. The van der Waals surface area contributed by atoms with Crippen LogP contribution in [0, 0.1) is 0 Å². The van der Waals surface area contributed by atoms with Gasteiger partial charge in [-0.05, 0) is 26.3 Å². The molecule has 1 N–H and O–H groups in total. The highest BCUT2D eigenvalue weighted by atomic mass is 16.7. The van der Waals surface area contributed by atoms with E-state index in [0.717, 1.165) is 38.2 Å². The van der Waals surface area contributed by atoms with Gasteiger partial charge in [-0.25, -0.2) is 0 Å². The lowest BCUT2D eigenvalue weighted by Gasteiger charge is -2.30. The Kier molecular flexibility index (Phi) is 2.40. The van der Waals surface area contributed by atoms with Crippen LogP contribution in [-0.4, -0.2) is 31.2 Å². The Morgan fingerprint density at radius 1 is 1.69 bits per heavy atom. The maximum absolute atomic E-state index is 5.45. The van der Waals surface area contributed by atoms with E-state index in [0.29, 0.717) is 6.61 Å². The molecule has 1 spiro atoms. The number of hydrogen-bond donors (Lipinski definition) is 1. The molecule has 0 saturated carbocycles. The summed E-state index contributed by atoms with van der Waals surface area (Å²) in [5, 5.41) is 7.28. The summed E-state index contributed by atoms with van der Waals surface area (Å²) in [5.41, 5.74) is -0.0945. The molecule has 2 heterocycles. The number of rotatable bonds is 1. The van der Waals surface area contributed by atoms with Gasteiger partial charge in [0, 0.05) is 6.54 Å². The summed E-state index contributed by atoms with van der Waals surface area (Å²) >= 11 is 0. The third-order valence-corrected chi connectivity index (χ3v) is 2.56. The van der Waals surface area contributed by atoms with Crippen molar-refractivity contribution in [3.05, 3.63) is 0 Å². The first-order valence-electron chi connectivity index (χ1n) is 4.93. The van der Waals surface area contributed by atoms with Crippen LogP contribution in [0.15, 0.2) is 5.16 Å². The van der Waals surface area contributed by atoms with Gasteiger partial charge in [0.05, 0.1) is 13.0 Å². The van der Waals surface area contributed by atoms with E-state index in [2.05, 4.69) is 10.5 Å². The fourth-order valence-electron chi connectivity index (χ4n) is 1.90. The predicted molar refractivity (Wildman–Crippen MR) is 49.6 cm³/mol. The summed E-state index contributed by atoms with van der Waals surface area (Å²) in [6, 6.07) is 0. The molecule has 2 aliphatic rings. The minimum atomic E-state index is -0.0945. The van der Waals surface area contributed by atoms with Gasteiger partial charge in [-0.2, -0.15) is 0 Å². The first kappa shape index (κ1) is 8.81. The molecule has 0 aromatic heterocycles. The number of hydrogen-bond acceptors (Lipinski definition) is 4. The molecule has 1 unspecified atom stereocenters. The molecular weight excluding hydrogens is 168 g/mol. The molecule has 0 aromatic rings. The van der Waals surface area contributed by atoms with Crippen LogP contribution in [0.25, 0.3) is 0 Å².